The lowest BCUT2D eigenvalue weighted by Crippen LogP contribution is -2.54. The van der Waals surface area contributed by atoms with E-state index in [1.54, 1.807) is 0 Å². The number of rotatable bonds is 3. The topological polar surface area (TPSA) is 67.2 Å². The van der Waals surface area contributed by atoms with Crippen LogP contribution >= 0.6 is 0 Å². The van der Waals surface area contributed by atoms with Gasteiger partial charge in [0.15, 0.2) is 0 Å². The molecule has 3 atom stereocenters. The highest BCUT2D eigenvalue weighted by Gasteiger charge is 2.29. The Morgan fingerprint density at radius 1 is 1.25 bits per heavy atom. The standard InChI is InChI=1S/C12H23N3O/c13-8-9-4-1-2-5-10(9)15-11-6-3-7-14-12(11)16/h9-11,15H,1-8,13H2,(H,14,16). The molecule has 1 aliphatic carbocycles. The Bertz CT molecular complexity index is 244. The Labute approximate surface area is 97.3 Å². The minimum Gasteiger partial charge on any atom is -0.355 e. The third-order valence-electron chi connectivity index (χ3n) is 3.91. The van der Waals surface area contributed by atoms with Crippen LogP contribution in [-0.4, -0.2) is 31.1 Å². The molecule has 4 heteroatoms. The number of carbonyl (C=O) groups is 1. The molecule has 1 heterocycles. The van der Waals surface area contributed by atoms with Gasteiger partial charge in [0.05, 0.1) is 6.04 Å². The van der Waals surface area contributed by atoms with Crippen molar-refractivity contribution in [3.05, 3.63) is 0 Å². The van der Waals surface area contributed by atoms with E-state index in [1.165, 1.54) is 25.7 Å². The molecule has 0 aromatic heterocycles. The highest BCUT2D eigenvalue weighted by molar-refractivity contribution is 5.82. The maximum Gasteiger partial charge on any atom is 0.237 e. The second kappa shape index (κ2) is 5.64. The molecular formula is C12H23N3O. The molecule has 2 rings (SSSR count). The molecule has 92 valence electrons. The molecule has 1 saturated heterocycles. The average molecular weight is 225 g/mol. The molecule has 0 aromatic rings. The summed E-state index contributed by atoms with van der Waals surface area (Å²) < 4.78 is 0. The summed E-state index contributed by atoms with van der Waals surface area (Å²) in [6.45, 7) is 1.58. The Balaban J connectivity index is 1.88. The van der Waals surface area contributed by atoms with Crippen molar-refractivity contribution in [1.82, 2.24) is 10.6 Å². The smallest absolute Gasteiger partial charge is 0.237 e. The molecule has 4 N–H and O–H groups in total. The Morgan fingerprint density at radius 2 is 2.06 bits per heavy atom. The largest absolute Gasteiger partial charge is 0.355 e. The van der Waals surface area contributed by atoms with E-state index in [0.29, 0.717) is 12.0 Å². The van der Waals surface area contributed by atoms with Crippen molar-refractivity contribution in [2.24, 2.45) is 11.7 Å². The average Bonchev–Trinajstić information content (AvgIpc) is 2.33. The molecule has 0 aromatic carbocycles. The molecule has 3 unspecified atom stereocenters. The molecule has 4 nitrogen and oxygen atoms in total. The van der Waals surface area contributed by atoms with Crippen LogP contribution < -0.4 is 16.4 Å². The zero-order valence-corrected chi connectivity index (χ0v) is 9.87. The monoisotopic (exact) mass is 225 g/mol. The van der Waals surface area contributed by atoms with E-state index >= 15 is 0 Å². The van der Waals surface area contributed by atoms with Crippen molar-refractivity contribution < 1.29 is 4.79 Å². The van der Waals surface area contributed by atoms with Crippen LogP contribution in [0.15, 0.2) is 0 Å². The van der Waals surface area contributed by atoms with E-state index in [2.05, 4.69) is 10.6 Å². The molecule has 2 fully saturated rings. The number of nitrogens with one attached hydrogen (secondary N) is 2. The van der Waals surface area contributed by atoms with Crippen LogP contribution in [0.3, 0.4) is 0 Å². The number of amides is 1. The van der Waals surface area contributed by atoms with Gasteiger partial charge < -0.3 is 16.4 Å². The zero-order chi connectivity index (χ0) is 11.4. The fourth-order valence-electron chi connectivity index (χ4n) is 2.90. The first-order chi connectivity index (χ1) is 7.81. The van der Waals surface area contributed by atoms with Gasteiger partial charge in [0.2, 0.25) is 5.91 Å². The van der Waals surface area contributed by atoms with Gasteiger partial charge in [-0.05, 0) is 38.1 Å². The first kappa shape index (κ1) is 11.9. The van der Waals surface area contributed by atoms with E-state index in [9.17, 15) is 4.79 Å². The number of piperidine rings is 1. The van der Waals surface area contributed by atoms with Crippen molar-refractivity contribution in [3.63, 3.8) is 0 Å². The summed E-state index contributed by atoms with van der Waals surface area (Å²) in [5, 5.41) is 6.44. The number of hydrogen-bond donors (Lipinski definition) is 3. The zero-order valence-electron chi connectivity index (χ0n) is 9.87. The molecule has 0 spiro atoms. The predicted octanol–water partition coefficient (Wildman–Crippen LogP) is 0.372. The fourth-order valence-corrected chi connectivity index (χ4v) is 2.90. The summed E-state index contributed by atoms with van der Waals surface area (Å²) in [4.78, 5) is 11.7. The summed E-state index contributed by atoms with van der Waals surface area (Å²) in [6, 6.07) is 0.471. The van der Waals surface area contributed by atoms with Gasteiger partial charge in [0.25, 0.3) is 0 Å². The van der Waals surface area contributed by atoms with Gasteiger partial charge in [0, 0.05) is 12.6 Å². The van der Waals surface area contributed by atoms with Crippen LogP contribution in [-0.2, 0) is 4.79 Å². The number of nitrogens with two attached hydrogens (primary N) is 1. The summed E-state index contributed by atoms with van der Waals surface area (Å²) in [5.41, 5.74) is 5.79. The molecule has 16 heavy (non-hydrogen) atoms. The molecule has 1 saturated carbocycles. The van der Waals surface area contributed by atoms with E-state index < -0.39 is 0 Å². The quantitative estimate of drug-likeness (QED) is 0.650. The second-order valence-corrected chi connectivity index (χ2v) is 5.04. The summed E-state index contributed by atoms with van der Waals surface area (Å²) in [6.07, 6.45) is 7.00. The molecule has 1 aliphatic heterocycles. The minimum absolute atomic E-state index is 0.0194. The Morgan fingerprint density at radius 3 is 2.81 bits per heavy atom. The van der Waals surface area contributed by atoms with Gasteiger partial charge in [-0.3, -0.25) is 4.79 Å². The Hall–Kier alpha value is -0.610. The predicted molar refractivity (Wildman–Crippen MR) is 64.0 cm³/mol. The van der Waals surface area contributed by atoms with Gasteiger partial charge in [-0.2, -0.15) is 0 Å². The maximum absolute atomic E-state index is 11.7. The van der Waals surface area contributed by atoms with Crippen LogP contribution in [0, 0.1) is 5.92 Å². The van der Waals surface area contributed by atoms with Gasteiger partial charge in [0.1, 0.15) is 0 Å². The lowest BCUT2D eigenvalue weighted by Gasteiger charge is -2.35. The maximum atomic E-state index is 11.7. The lowest BCUT2D eigenvalue weighted by atomic mass is 9.84. The molecule has 0 radical (unpaired) electrons. The highest BCUT2D eigenvalue weighted by Crippen LogP contribution is 2.24. The van der Waals surface area contributed by atoms with E-state index in [4.69, 9.17) is 5.73 Å². The van der Waals surface area contributed by atoms with Gasteiger partial charge in [-0.15, -0.1) is 0 Å². The van der Waals surface area contributed by atoms with Crippen molar-refractivity contribution in [2.45, 2.75) is 50.6 Å². The van der Waals surface area contributed by atoms with Gasteiger partial charge in [-0.25, -0.2) is 0 Å². The SMILES string of the molecule is NCC1CCCCC1NC1CCCNC1=O. The Kier molecular flexibility index (Phi) is 4.18. The molecule has 2 aliphatic rings. The van der Waals surface area contributed by atoms with E-state index in [1.807, 2.05) is 0 Å². The van der Waals surface area contributed by atoms with Crippen LogP contribution in [0.4, 0.5) is 0 Å². The number of carbonyl (C=O) groups excluding carboxylic acids is 1. The first-order valence-corrected chi connectivity index (χ1v) is 6.55. The number of hydrogen-bond acceptors (Lipinski definition) is 3. The van der Waals surface area contributed by atoms with Crippen molar-refractivity contribution in [3.8, 4) is 0 Å². The van der Waals surface area contributed by atoms with E-state index in [0.717, 1.165) is 25.9 Å². The first-order valence-electron chi connectivity index (χ1n) is 6.55. The molecule has 0 bridgehead atoms. The van der Waals surface area contributed by atoms with E-state index in [-0.39, 0.29) is 11.9 Å². The van der Waals surface area contributed by atoms with Crippen molar-refractivity contribution in [1.29, 1.82) is 0 Å². The third kappa shape index (κ3) is 2.74. The third-order valence-corrected chi connectivity index (χ3v) is 3.91. The molecule has 1 amide bonds. The van der Waals surface area contributed by atoms with Crippen molar-refractivity contribution >= 4 is 5.91 Å². The summed E-state index contributed by atoms with van der Waals surface area (Å²) in [5.74, 6) is 0.732. The van der Waals surface area contributed by atoms with Crippen LogP contribution in [0.25, 0.3) is 0 Å². The lowest BCUT2D eigenvalue weighted by molar-refractivity contribution is -0.124. The summed E-state index contributed by atoms with van der Waals surface area (Å²) in [7, 11) is 0. The normalized spacial score (nSPS) is 35.8. The van der Waals surface area contributed by atoms with Crippen LogP contribution in [0.2, 0.25) is 0 Å². The van der Waals surface area contributed by atoms with Crippen LogP contribution in [0.1, 0.15) is 38.5 Å². The second-order valence-electron chi connectivity index (χ2n) is 5.04. The summed E-state index contributed by atoms with van der Waals surface area (Å²) >= 11 is 0. The van der Waals surface area contributed by atoms with Crippen molar-refractivity contribution in [2.75, 3.05) is 13.1 Å². The highest BCUT2D eigenvalue weighted by atomic mass is 16.2. The van der Waals surface area contributed by atoms with Gasteiger partial charge in [-0.1, -0.05) is 12.8 Å². The van der Waals surface area contributed by atoms with Crippen LogP contribution in [0.5, 0.6) is 0 Å². The fraction of sp³-hybridized carbons (Fsp3) is 0.917. The van der Waals surface area contributed by atoms with Gasteiger partial charge >= 0.3 is 0 Å². The molecular weight excluding hydrogens is 202 g/mol. The minimum atomic E-state index is 0.0194.